The van der Waals surface area contributed by atoms with Gasteiger partial charge in [-0.1, -0.05) is 43.7 Å². The minimum Gasteiger partial charge on any atom is -0.478 e. The van der Waals surface area contributed by atoms with Gasteiger partial charge in [0.2, 0.25) is 0 Å². The van der Waals surface area contributed by atoms with Gasteiger partial charge >= 0.3 is 5.97 Å². The Labute approximate surface area is 201 Å². The summed E-state index contributed by atoms with van der Waals surface area (Å²) in [7, 11) is -4.10. The summed E-state index contributed by atoms with van der Waals surface area (Å²) in [6.45, 7) is 0. The molecule has 0 saturated carbocycles. The number of halogens is 3. The van der Waals surface area contributed by atoms with Crippen molar-refractivity contribution in [1.82, 2.24) is 0 Å². The predicted molar refractivity (Wildman–Crippen MR) is 124 cm³/mol. The van der Waals surface area contributed by atoms with Crippen LogP contribution in [-0.4, -0.2) is 25.4 Å². The highest BCUT2D eigenvalue weighted by Gasteiger charge is 2.16. The number of aromatic carboxylic acids is 1. The van der Waals surface area contributed by atoms with Crippen molar-refractivity contribution in [2.24, 2.45) is 9.63 Å². The van der Waals surface area contributed by atoms with Crippen molar-refractivity contribution in [2.45, 2.75) is 4.90 Å². The van der Waals surface area contributed by atoms with E-state index in [0.717, 1.165) is 0 Å². The maximum atomic E-state index is 12.5. The molecule has 8 nitrogen and oxygen atoms in total. The van der Waals surface area contributed by atoms with Gasteiger partial charge in [-0.05, 0) is 60.7 Å². The van der Waals surface area contributed by atoms with E-state index in [9.17, 15) is 23.1 Å². The lowest BCUT2D eigenvalue weighted by Crippen LogP contribution is -2.14. The lowest BCUT2D eigenvalue weighted by molar-refractivity contribution is 0.0698. The molecule has 2 N–H and O–H groups in total. The van der Waals surface area contributed by atoms with Crippen LogP contribution < -0.4 is 5.32 Å². The van der Waals surface area contributed by atoms with Crippen molar-refractivity contribution in [2.75, 3.05) is 5.32 Å². The molecule has 0 bridgehead atoms. The first kappa shape index (κ1) is 23.9. The van der Waals surface area contributed by atoms with E-state index < -0.39 is 21.9 Å². The number of carbonyl (C=O) groups is 2. The van der Waals surface area contributed by atoms with Crippen molar-refractivity contribution in [3.63, 3.8) is 0 Å². The first-order chi connectivity index (χ1) is 15.1. The molecule has 3 rings (SSSR count). The van der Waals surface area contributed by atoms with Crippen LogP contribution in [0.2, 0.25) is 10.0 Å². The normalized spacial score (nSPS) is 11.5. The number of nitrogens with zero attached hydrogens (tertiary/aromatic N) is 2. The van der Waals surface area contributed by atoms with Gasteiger partial charge in [0, 0.05) is 10.0 Å². The van der Waals surface area contributed by atoms with Gasteiger partial charge in [-0.2, -0.15) is 8.42 Å². The number of carbonyl (C=O) groups excluding carboxylic acids is 1. The van der Waals surface area contributed by atoms with E-state index >= 15 is 0 Å². The van der Waals surface area contributed by atoms with Crippen molar-refractivity contribution < 1.29 is 23.1 Å². The number of carboxylic acid groups (broad SMARTS) is 1. The van der Waals surface area contributed by atoms with Gasteiger partial charge in [0.05, 0.1) is 31.9 Å². The van der Waals surface area contributed by atoms with Gasteiger partial charge in [-0.15, -0.1) is 5.11 Å². The molecule has 1 amide bonds. The average Bonchev–Trinajstić information content (AvgIpc) is 2.75. The topological polar surface area (TPSA) is 125 Å². The van der Waals surface area contributed by atoms with Gasteiger partial charge in [0.25, 0.3) is 15.9 Å². The summed E-state index contributed by atoms with van der Waals surface area (Å²) < 4.78 is 28.5. The van der Waals surface area contributed by atoms with E-state index in [1.54, 1.807) is 6.07 Å². The number of carboxylic acids is 1. The van der Waals surface area contributed by atoms with Crippen LogP contribution in [0.3, 0.4) is 0 Å². The summed E-state index contributed by atoms with van der Waals surface area (Å²) >= 11 is 14.8. The Balaban J connectivity index is 1.75. The van der Waals surface area contributed by atoms with Crippen molar-refractivity contribution in [1.29, 1.82) is 0 Å². The van der Waals surface area contributed by atoms with E-state index in [4.69, 9.17) is 23.2 Å². The van der Waals surface area contributed by atoms with Crippen LogP contribution in [0.5, 0.6) is 0 Å². The molecule has 0 fully saturated rings. The molecule has 12 heteroatoms. The average molecular weight is 557 g/mol. The molecular formula is C20H12BrCl2N3O5S. The number of benzene rings is 3. The first-order valence-electron chi connectivity index (χ1n) is 8.64. The summed E-state index contributed by atoms with van der Waals surface area (Å²) in [5, 5.41) is 15.8. The summed E-state index contributed by atoms with van der Waals surface area (Å²) in [6.07, 6.45) is 0. The van der Waals surface area contributed by atoms with Gasteiger partial charge in [-0.25, -0.2) is 4.79 Å². The third kappa shape index (κ3) is 5.71. The number of sulfonamides is 1. The zero-order chi connectivity index (χ0) is 23.5. The van der Waals surface area contributed by atoms with Crippen LogP contribution in [0.4, 0.5) is 11.4 Å². The van der Waals surface area contributed by atoms with Crippen molar-refractivity contribution in [3.8, 4) is 0 Å². The third-order valence-corrected chi connectivity index (χ3v) is 6.42. The summed E-state index contributed by atoms with van der Waals surface area (Å²) in [5.74, 6) is -1.75. The summed E-state index contributed by atoms with van der Waals surface area (Å²) in [5.41, 5.74) is 0.434. The second kappa shape index (κ2) is 9.78. The lowest BCUT2D eigenvalue weighted by Gasteiger charge is -2.09. The maximum Gasteiger partial charge on any atom is 0.337 e. The number of hydrogen-bond acceptors (Lipinski definition) is 5. The van der Waals surface area contributed by atoms with Gasteiger partial charge in [-0.3, -0.25) is 4.79 Å². The maximum absolute atomic E-state index is 12.5. The van der Waals surface area contributed by atoms with E-state index in [1.807, 2.05) is 0 Å². The Morgan fingerprint density at radius 1 is 0.938 bits per heavy atom. The molecule has 0 unspecified atom stereocenters. The molecule has 164 valence electrons. The fourth-order valence-electron chi connectivity index (χ4n) is 2.46. The highest BCUT2D eigenvalue weighted by molar-refractivity contribution is 9.10. The molecule has 0 spiro atoms. The molecule has 0 aromatic heterocycles. The fraction of sp³-hybridized carbons (Fsp3) is 0. The molecule has 3 aromatic carbocycles. The van der Waals surface area contributed by atoms with Crippen LogP contribution in [0.25, 0.3) is 0 Å². The molecule has 0 aliphatic carbocycles. The Morgan fingerprint density at radius 3 is 2.25 bits per heavy atom. The van der Waals surface area contributed by atoms with Gasteiger partial charge in [0.15, 0.2) is 0 Å². The Bertz CT molecular complexity index is 1350. The second-order valence-corrected chi connectivity index (χ2v) is 9.54. The molecule has 0 aliphatic heterocycles. The standard InChI is InChI=1S/C20H12BrCl2N3O5S/c21-12-3-8-18(15(9-12)20(28)29)24-19(27)11-1-4-13(5-2-11)25-26-32(30,31)14-6-7-16(22)17(23)10-14/h1-10H,(H,24,27)(H,28,29)/b26-25+. The Kier molecular flexibility index (Phi) is 7.29. The van der Waals surface area contributed by atoms with Crippen LogP contribution in [0.15, 0.2) is 79.7 Å². The van der Waals surface area contributed by atoms with Crippen LogP contribution in [-0.2, 0) is 10.0 Å². The van der Waals surface area contributed by atoms with Gasteiger partial charge < -0.3 is 10.4 Å². The van der Waals surface area contributed by atoms with Crippen LogP contribution >= 0.6 is 39.1 Å². The molecule has 0 radical (unpaired) electrons. The summed E-state index contributed by atoms with van der Waals surface area (Å²) in [4.78, 5) is 23.7. The highest BCUT2D eigenvalue weighted by atomic mass is 79.9. The summed E-state index contributed by atoms with van der Waals surface area (Å²) in [6, 6.07) is 13.8. The number of anilines is 1. The largest absolute Gasteiger partial charge is 0.478 e. The number of nitrogens with one attached hydrogen (secondary N) is 1. The van der Waals surface area contributed by atoms with E-state index in [2.05, 4.69) is 30.9 Å². The second-order valence-electron chi connectivity index (χ2n) is 6.23. The molecule has 0 saturated heterocycles. The van der Waals surface area contributed by atoms with E-state index in [0.29, 0.717) is 4.47 Å². The third-order valence-electron chi connectivity index (χ3n) is 4.04. The van der Waals surface area contributed by atoms with Crippen molar-refractivity contribution in [3.05, 3.63) is 86.3 Å². The quantitative estimate of drug-likeness (QED) is 0.351. The van der Waals surface area contributed by atoms with E-state index in [1.165, 1.54) is 54.6 Å². The fourth-order valence-corrected chi connectivity index (χ4v) is 3.99. The Morgan fingerprint density at radius 2 is 1.62 bits per heavy atom. The Hall–Kier alpha value is -2.79. The molecular weight excluding hydrogens is 545 g/mol. The van der Waals surface area contributed by atoms with E-state index in [-0.39, 0.29) is 37.4 Å². The van der Waals surface area contributed by atoms with Crippen molar-refractivity contribution >= 4 is 72.4 Å². The molecule has 3 aromatic rings. The molecule has 0 aliphatic rings. The highest BCUT2D eigenvalue weighted by Crippen LogP contribution is 2.27. The zero-order valence-electron chi connectivity index (χ0n) is 15.8. The molecule has 0 heterocycles. The van der Waals surface area contributed by atoms with Crippen LogP contribution in [0, 0.1) is 0 Å². The SMILES string of the molecule is O=C(Nc1ccc(Br)cc1C(=O)O)c1ccc(/N=N/S(=O)(=O)c2ccc(Cl)c(Cl)c2)cc1. The number of hydrogen-bond donors (Lipinski definition) is 2. The molecule has 32 heavy (non-hydrogen) atoms. The monoisotopic (exact) mass is 555 g/mol. The zero-order valence-corrected chi connectivity index (χ0v) is 19.7. The minimum atomic E-state index is -4.10. The lowest BCUT2D eigenvalue weighted by atomic mass is 10.1. The number of amides is 1. The van der Waals surface area contributed by atoms with Crippen LogP contribution in [0.1, 0.15) is 20.7 Å². The first-order valence-corrected chi connectivity index (χ1v) is 11.6. The van der Waals surface area contributed by atoms with Gasteiger partial charge in [0.1, 0.15) is 0 Å². The molecule has 0 atom stereocenters. The number of rotatable bonds is 6. The predicted octanol–water partition coefficient (Wildman–Crippen LogP) is 6.18. The smallest absolute Gasteiger partial charge is 0.337 e. The minimum absolute atomic E-state index is 0.0649.